The van der Waals surface area contributed by atoms with Crippen molar-refractivity contribution in [2.45, 2.75) is 39.7 Å². The predicted octanol–water partition coefficient (Wildman–Crippen LogP) is 2.85. The fraction of sp³-hybridized carbons (Fsp3) is 0.412. The summed E-state index contributed by atoms with van der Waals surface area (Å²) >= 11 is 0. The minimum absolute atomic E-state index is 0.0700. The zero-order valence-corrected chi connectivity index (χ0v) is 13.1. The highest BCUT2D eigenvalue weighted by Crippen LogP contribution is 2.41. The number of fused-ring (bicyclic) bond motifs is 1. The summed E-state index contributed by atoms with van der Waals surface area (Å²) in [5.41, 5.74) is 3.37. The van der Waals surface area contributed by atoms with Gasteiger partial charge in [-0.15, -0.1) is 0 Å². The summed E-state index contributed by atoms with van der Waals surface area (Å²) in [6, 6.07) is 0. The molecule has 5 nitrogen and oxygen atoms in total. The van der Waals surface area contributed by atoms with Crippen LogP contribution in [-0.4, -0.2) is 24.5 Å². The van der Waals surface area contributed by atoms with Gasteiger partial charge in [-0.3, -0.25) is 0 Å². The van der Waals surface area contributed by atoms with Crippen LogP contribution in [0.3, 0.4) is 0 Å². The molecule has 1 N–H and O–H groups in total. The molecule has 2 rings (SSSR count). The maximum atomic E-state index is 11.8. The van der Waals surface area contributed by atoms with Crippen LogP contribution in [0.1, 0.15) is 46.8 Å². The summed E-state index contributed by atoms with van der Waals surface area (Å²) in [7, 11) is 1.54. The van der Waals surface area contributed by atoms with Crippen LogP contribution in [0.25, 0.3) is 0 Å². The van der Waals surface area contributed by atoms with Crippen LogP contribution in [0, 0.1) is 6.92 Å². The standard InChI is InChI=1S/C17H20O5/c1-10(5-4-8-18)6-7-12-15(19)14-13(9-22-17(14)20)11(2)16(12)21-3/h6,8,19H,4-5,7,9H2,1-3H3. The zero-order chi connectivity index (χ0) is 16.3. The van der Waals surface area contributed by atoms with Gasteiger partial charge in [0.25, 0.3) is 0 Å². The quantitative estimate of drug-likeness (QED) is 0.497. The number of allylic oxidation sites excluding steroid dienone is 2. The number of rotatable bonds is 6. The van der Waals surface area contributed by atoms with Gasteiger partial charge < -0.3 is 19.4 Å². The van der Waals surface area contributed by atoms with Crippen molar-refractivity contribution < 1.29 is 24.2 Å². The third kappa shape index (κ3) is 2.84. The maximum absolute atomic E-state index is 11.8. The van der Waals surface area contributed by atoms with Crippen molar-refractivity contribution >= 4 is 12.3 Å². The van der Waals surface area contributed by atoms with Crippen LogP contribution in [0.2, 0.25) is 0 Å². The molecule has 0 saturated carbocycles. The molecular formula is C17H20O5. The Hall–Kier alpha value is -2.30. The molecule has 0 radical (unpaired) electrons. The minimum Gasteiger partial charge on any atom is -0.507 e. The molecule has 0 aromatic heterocycles. The lowest BCUT2D eigenvalue weighted by molar-refractivity contribution is -0.107. The normalized spacial score (nSPS) is 13.8. The summed E-state index contributed by atoms with van der Waals surface area (Å²) in [5, 5.41) is 10.4. The summed E-state index contributed by atoms with van der Waals surface area (Å²) in [4.78, 5) is 22.2. The van der Waals surface area contributed by atoms with E-state index in [2.05, 4.69) is 0 Å². The Morgan fingerprint density at radius 2 is 2.18 bits per heavy atom. The van der Waals surface area contributed by atoms with Crippen molar-refractivity contribution in [3.05, 3.63) is 33.9 Å². The van der Waals surface area contributed by atoms with Crippen molar-refractivity contribution in [3.63, 3.8) is 0 Å². The van der Waals surface area contributed by atoms with E-state index in [0.717, 1.165) is 17.4 Å². The molecule has 0 saturated heterocycles. The Bertz CT molecular complexity index is 643. The molecule has 0 atom stereocenters. The van der Waals surface area contributed by atoms with E-state index in [1.165, 1.54) is 7.11 Å². The van der Waals surface area contributed by atoms with E-state index in [0.29, 0.717) is 36.1 Å². The van der Waals surface area contributed by atoms with Crippen molar-refractivity contribution in [1.82, 2.24) is 0 Å². The Labute approximate surface area is 129 Å². The molecule has 0 aliphatic carbocycles. The molecule has 0 bridgehead atoms. The van der Waals surface area contributed by atoms with Crippen LogP contribution in [0.5, 0.6) is 11.5 Å². The van der Waals surface area contributed by atoms with Gasteiger partial charge in [0.2, 0.25) is 0 Å². The van der Waals surface area contributed by atoms with E-state index in [1.54, 1.807) is 0 Å². The summed E-state index contributed by atoms with van der Waals surface area (Å²) in [5.74, 6) is 0.00883. The number of hydrogen-bond acceptors (Lipinski definition) is 5. The highest BCUT2D eigenvalue weighted by atomic mass is 16.5. The van der Waals surface area contributed by atoms with E-state index in [-0.39, 0.29) is 17.9 Å². The maximum Gasteiger partial charge on any atom is 0.342 e. The Morgan fingerprint density at radius 1 is 1.45 bits per heavy atom. The number of hydrogen-bond donors (Lipinski definition) is 1. The lowest BCUT2D eigenvalue weighted by Crippen LogP contribution is -2.03. The second-order valence-corrected chi connectivity index (χ2v) is 5.38. The van der Waals surface area contributed by atoms with Gasteiger partial charge in [0.15, 0.2) is 0 Å². The van der Waals surface area contributed by atoms with Gasteiger partial charge in [0, 0.05) is 17.5 Å². The van der Waals surface area contributed by atoms with E-state index >= 15 is 0 Å². The van der Waals surface area contributed by atoms with Crippen LogP contribution in [-0.2, 0) is 22.6 Å². The van der Waals surface area contributed by atoms with Crippen molar-refractivity contribution in [2.75, 3.05) is 7.11 Å². The fourth-order valence-electron chi connectivity index (χ4n) is 2.69. The first kappa shape index (κ1) is 16.1. The molecule has 1 aromatic rings. The predicted molar refractivity (Wildman–Crippen MR) is 81.3 cm³/mol. The average molecular weight is 304 g/mol. The molecular weight excluding hydrogens is 284 g/mol. The number of carbonyl (C=O) groups is 2. The lowest BCUT2D eigenvalue weighted by atomic mass is 9.94. The number of benzene rings is 1. The molecule has 118 valence electrons. The molecule has 1 aromatic carbocycles. The Morgan fingerprint density at radius 3 is 2.82 bits per heavy atom. The summed E-state index contributed by atoms with van der Waals surface area (Å²) in [6.45, 7) is 3.95. The molecule has 1 heterocycles. The van der Waals surface area contributed by atoms with Crippen molar-refractivity contribution in [3.8, 4) is 11.5 Å². The second-order valence-electron chi connectivity index (χ2n) is 5.38. The number of aromatic hydroxyl groups is 1. The monoisotopic (exact) mass is 304 g/mol. The number of phenolic OH excluding ortho intramolecular Hbond substituents is 1. The van der Waals surface area contributed by atoms with Gasteiger partial charge >= 0.3 is 5.97 Å². The van der Waals surface area contributed by atoms with Gasteiger partial charge in [-0.25, -0.2) is 4.79 Å². The van der Waals surface area contributed by atoms with Crippen LogP contribution >= 0.6 is 0 Å². The smallest absolute Gasteiger partial charge is 0.342 e. The first-order valence-electron chi connectivity index (χ1n) is 7.18. The molecule has 1 aliphatic heterocycles. The van der Waals surface area contributed by atoms with Gasteiger partial charge in [-0.05, 0) is 32.3 Å². The minimum atomic E-state index is -0.499. The molecule has 0 amide bonds. The molecule has 0 spiro atoms. The number of phenols is 1. The topological polar surface area (TPSA) is 72.8 Å². The van der Waals surface area contributed by atoms with Gasteiger partial charge in [-0.1, -0.05) is 11.6 Å². The second kappa shape index (κ2) is 6.64. The number of carbonyl (C=O) groups excluding carboxylic acids is 2. The Balaban J connectivity index is 2.43. The number of aldehydes is 1. The number of methoxy groups -OCH3 is 1. The largest absolute Gasteiger partial charge is 0.507 e. The number of ether oxygens (including phenoxy) is 2. The van der Waals surface area contributed by atoms with Gasteiger partial charge in [-0.2, -0.15) is 0 Å². The summed E-state index contributed by atoms with van der Waals surface area (Å²) in [6.07, 6.45) is 4.40. The Kier molecular flexibility index (Phi) is 4.85. The molecule has 5 heteroatoms. The summed E-state index contributed by atoms with van der Waals surface area (Å²) < 4.78 is 10.4. The highest BCUT2D eigenvalue weighted by Gasteiger charge is 2.31. The molecule has 1 aliphatic rings. The van der Waals surface area contributed by atoms with E-state index in [9.17, 15) is 14.7 Å². The van der Waals surface area contributed by atoms with E-state index in [4.69, 9.17) is 9.47 Å². The highest BCUT2D eigenvalue weighted by molar-refractivity contribution is 5.98. The van der Waals surface area contributed by atoms with Gasteiger partial charge in [0.1, 0.15) is 30.0 Å². The fourth-order valence-corrected chi connectivity index (χ4v) is 2.69. The molecule has 22 heavy (non-hydrogen) atoms. The van der Waals surface area contributed by atoms with Crippen LogP contribution in [0.4, 0.5) is 0 Å². The van der Waals surface area contributed by atoms with Crippen LogP contribution in [0.15, 0.2) is 11.6 Å². The third-order valence-electron chi connectivity index (χ3n) is 3.96. The zero-order valence-electron chi connectivity index (χ0n) is 13.1. The SMILES string of the molecule is COc1c(C)c2c(c(O)c1CC=C(C)CCC=O)C(=O)OC2. The number of esters is 1. The lowest BCUT2D eigenvalue weighted by Gasteiger charge is -2.15. The third-order valence-corrected chi connectivity index (χ3v) is 3.96. The first-order valence-corrected chi connectivity index (χ1v) is 7.18. The van der Waals surface area contributed by atoms with E-state index in [1.807, 2.05) is 19.9 Å². The molecule has 0 fully saturated rings. The van der Waals surface area contributed by atoms with Crippen molar-refractivity contribution in [2.24, 2.45) is 0 Å². The van der Waals surface area contributed by atoms with Gasteiger partial charge in [0.05, 0.1) is 7.11 Å². The van der Waals surface area contributed by atoms with Crippen molar-refractivity contribution in [1.29, 1.82) is 0 Å². The molecule has 0 unspecified atom stereocenters. The number of cyclic esters (lactones) is 1. The average Bonchev–Trinajstić information content (AvgIpc) is 2.89. The van der Waals surface area contributed by atoms with Crippen LogP contribution < -0.4 is 4.74 Å². The first-order chi connectivity index (χ1) is 10.5. The van der Waals surface area contributed by atoms with E-state index < -0.39 is 5.97 Å².